The largest absolute Gasteiger partial charge is 0.361 e. The van der Waals surface area contributed by atoms with Gasteiger partial charge in [0.25, 0.3) is 0 Å². The molecule has 1 saturated carbocycles. The molecule has 0 spiro atoms. The van der Waals surface area contributed by atoms with Gasteiger partial charge in [-0.05, 0) is 33.6 Å². The van der Waals surface area contributed by atoms with Crippen molar-refractivity contribution in [1.29, 1.82) is 0 Å². The van der Waals surface area contributed by atoms with Crippen molar-refractivity contribution in [1.82, 2.24) is 15.0 Å². The van der Waals surface area contributed by atoms with Crippen LogP contribution in [0.15, 0.2) is 6.20 Å². The Kier molecular flexibility index (Phi) is 3.77. The first-order valence-corrected chi connectivity index (χ1v) is 7.94. The second-order valence-electron chi connectivity index (χ2n) is 5.50. The number of nitrogens with two attached hydrogens (primary N) is 1. The summed E-state index contributed by atoms with van der Waals surface area (Å²) in [4.78, 5) is 14.8. The van der Waals surface area contributed by atoms with Crippen molar-refractivity contribution in [3.63, 3.8) is 0 Å². The van der Waals surface area contributed by atoms with Crippen LogP contribution in [0.2, 0.25) is 0 Å². The van der Waals surface area contributed by atoms with Gasteiger partial charge in [0.1, 0.15) is 22.5 Å². The summed E-state index contributed by atoms with van der Waals surface area (Å²) in [7, 11) is 0. The zero-order valence-electron chi connectivity index (χ0n) is 12.5. The summed E-state index contributed by atoms with van der Waals surface area (Å²) in [6.45, 7) is 6.12. The normalized spacial score (nSPS) is 15.8. The van der Waals surface area contributed by atoms with E-state index in [1.807, 2.05) is 13.1 Å². The lowest BCUT2D eigenvalue weighted by atomic mass is 10.2. The number of thiazole rings is 1. The number of hydrazine groups is 1. The van der Waals surface area contributed by atoms with Gasteiger partial charge in [-0.25, -0.2) is 20.8 Å². The number of rotatable bonds is 5. The molecule has 1 unspecified atom stereocenters. The summed E-state index contributed by atoms with van der Waals surface area (Å²) in [6, 6.07) is 0.106. The zero-order valence-corrected chi connectivity index (χ0v) is 13.3. The van der Waals surface area contributed by atoms with Gasteiger partial charge in [-0.15, -0.1) is 11.3 Å². The van der Waals surface area contributed by atoms with Gasteiger partial charge < -0.3 is 10.7 Å². The van der Waals surface area contributed by atoms with Crippen LogP contribution < -0.4 is 16.6 Å². The first-order valence-electron chi connectivity index (χ1n) is 7.12. The van der Waals surface area contributed by atoms with E-state index in [0.29, 0.717) is 11.7 Å². The van der Waals surface area contributed by atoms with E-state index in [-0.39, 0.29) is 6.04 Å². The molecular weight excluding hydrogens is 284 g/mol. The van der Waals surface area contributed by atoms with Crippen molar-refractivity contribution in [3.8, 4) is 0 Å². The average Bonchev–Trinajstić information content (AvgIpc) is 3.22. The van der Waals surface area contributed by atoms with E-state index >= 15 is 0 Å². The Morgan fingerprint density at radius 3 is 2.57 bits per heavy atom. The molecule has 0 radical (unpaired) electrons. The minimum atomic E-state index is 0.106. The Morgan fingerprint density at radius 2 is 2.00 bits per heavy atom. The fourth-order valence-electron chi connectivity index (χ4n) is 2.18. The average molecular weight is 304 g/mol. The van der Waals surface area contributed by atoms with E-state index in [4.69, 9.17) is 5.84 Å². The number of hydrogen-bond donors (Lipinski definition) is 3. The number of nitrogens with one attached hydrogen (secondary N) is 2. The molecule has 1 atom stereocenters. The molecular formula is C14H20N6S. The zero-order chi connectivity index (χ0) is 15.0. The Morgan fingerprint density at radius 1 is 1.29 bits per heavy atom. The predicted molar refractivity (Wildman–Crippen MR) is 85.4 cm³/mol. The topological polar surface area (TPSA) is 88.8 Å². The lowest BCUT2D eigenvalue weighted by Gasteiger charge is -2.17. The maximum atomic E-state index is 5.58. The molecule has 112 valence electrons. The third-order valence-electron chi connectivity index (χ3n) is 3.61. The molecule has 2 aromatic rings. The van der Waals surface area contributed by atoms with Gasteiger partial charge in [-0.1, -0.05) is 0 Å². The molecule has 1 aliphatic carbocycles. The van der Waals surface area contributed by atoms with Crippen molar-refractivity contribution in [2.45, 2.75) is 45.6 Å². The van der Waals surface area contributed by atoms with Crippen LogP contribution in [0.3, 0.4) is 0 Å². The molecule has 1 aliphatic rings. The molecule has 21 heavy (non-hydrogen) atoms. The van der Waals surface area contributed by atoms with Crippen LogP contribution in [-0.4, -0.2) is 15.0 Å². The van der Waals surface area contributed by atoms with Crippen molar-refractivity contribution < 1.29 is 0 Å². The predicted octanol–water partition coefficient (Wildman–Crippen LogP) is 2.89. The molecule has 2 aromatic heterocycles. The maximum Gasteiger partial charge on any atom is 0.148 e. The standard InChI is InChI=1S/C14H20N6S/c1-7-6-16-14(21-7)9(3)17-11-8(2)12(20-15)19-13(18-11)10-4-5-10/h6,9-10H,4-5,15H2,1-3H3,(H2,17,18,19,20). The molecule has 7 heteroatoms. The van der Waals surface area contributed by atoms with Gasteiger partial charge in [0, 0.05) is 22.6 Å². The third-order valence-corrected chi connectivity index (χ3v) is 4.70. The lowest BCUT2D eigenvalue weighted by molar-refractivity contribution is 0.839. The summed E-state index contributed by atoms with van der Waals surface area (Å²) in [6.07, 6.45) is 4.22. The molecule has 0 amide bonds. The van der Waals surface area contributed by atoms with Crippen molar-refractivity contribution >= 4 is 23.0 Å². The molecule has 0 saturated heterocycles. The number of nitrogens with zero attached hydrogens (tertiary/aromatic N) is 3. The van der Waals surface area contributed by atoms with Crippen LogP contribution >= 0.6 is 11.3 Å². The van der Waals surface area contributed by atoms with Crippen LogP contribution in [0, 0.1) is 13.8 Å². The monoisotopic (exact) mass is 304 g/mol. The lowest BCUT2D eigenvalue weighted by Crippen LogP contribution is -2.16. The van der Waals surface area contributed by atoms with Gasteiger partial charge in [0.05, 0.1) is 6.04 Å². The smallest absolute Gasteiger partial charge is 0.148 e. The number of nitrogen functional groups attached to an aromatic ring is 1. The van der Waals surface area contributed by atoms with Gasteiger partial charge in [-0.2, -0.15) is 0 Å². The minimum Gasteiger partial charge on any atom is -0.361 e. The molecule has 2 heterocycles. The van der Waals surface area contributed by atoms with E-state index in [1.54, 1.807) is 11.3 Å². The number of aromatic nitrogens is 3. The molecule has 3 rings (SSSR count). The Labute approximate surface area is 128 Å². The number of aryl methyl sites for hydroxylation is 1. The van der Waals surface area contributed by atoms with Gasteiger partial charge in [0.15, 0.2) is 0 Å². The van der Waals surface area contributed by atoms with E-state index < -0.39 is 0 Å². The first kappa shape index (κ1) is 14.2. The summed E-state index contributed by atoms with van der Waals surface area (Å²) < 4.78 is 0. The highest BCUT2D eigenvalue weighted by atomic mass is 32.1. The number of hydrogen-bond acceptors (Lipinski definition) is 7. The van der Waals surface area contributed by atoms with Gasteiger partial charge >= 0.3 is 0 Å². The first-order chi connectivity index (χ1) is 10.1. The van der Waals surface area contributed by atoms with Crippen LogP contribution in [0.4, 0.5) is 11.6 Å². The molecule has 6 nitrogen and oxygen atoms in total. The molecule has 0 aliphatic heterocycles. The maximum absolute atomic E-state index is 5.58. The minimum absolute atomic E-state index is 0.106. The Hall–Kier alpha value is -1.73. The molecule has 0 aromatic carbocycles. The Balaban J connectivity index is 1.88. The third kappa shape index (κ3) is 2.98. The van der Waals surface area contributed by atoms with Crippen LogP contribution in [0.5, 0.6) is 0 Å². The summed E-state index contributed by atoms with van der Waals surface area (Å²) in [5, 5.41) is 4.50. The SMILES string of the molecule is Cc1cnc(C(C)Nc2nc(C3CC3)nc(NN)c2C)s1. The summed E-state index contributed by atoms with van der Waals surface area (Å²) >= 11 is 1.70. The highest BCUT2D eigenvalue weighted by molar-refractivity contribution is 7.11. The fourth-order valence-corrected chi connectivity index (χ4v) is 2.95. The molecule has 1 fully saturated rings. The van der Waals surface area contributed by atoms with E-state index in [1.165, 1.54) is 4.88 Å². The van der Waals surface area contributed by atoms with Crippen molar-refractivity contribution in [2.24, 2.45) is 5.84 Å². The van der Waals surface area contributed by atoms with Crippen LogP contribution in [0.1, 0.15) is 53.0 Å². The molecule has 0 bridgehead atoms. The van der Waals surface area contributed by atoms with E-state index in [9.17, 15) is 0 Å². The summed E-state index contributed by atoms with van der Waals surface area (Å²) in [5.74, 6) is 8.46. The van der Waals surface area contributed by atoms with Gasteiger partial charge in [-0.3, -0.25) is 0 Å². The molecule has 4 N–H and O–H groups in total. The van der Waals surface area contributed by atoms with Crippen LogP contribution in [-0.2, 0) is 0 Å². The number of anilines is 2. The summed E-state index contributed by atoms with van der Waals surface area (Å²) in [5.41, 5.74) is 3.60. The van der Waals surface area contributed by atoms with Crippen LogP contribution in [0.25, 0.3) is 0 Å². The second-order valence-corrected chi connectivity index (χ2v) is 6.76. The highest BCUT2D eigenvalue weighted by Gasteiger charge is 2.28. The highest BCUT2D eigenvalue weighted by Crippen LogP contribution is 2.39. The Bertz CT molecular complexity index is 649. The van der Waals surface area contributed by atoms with Gasteiger partial charge in [0.2, 0.25) is 0 Å². The quantitative estimate of drug-likeness (QED) is 0.581. The van der Waals surface area contributed by atoms with E-state index in [2.05, 4.69) is 39.5 Å². The van der Waals surface area contributed by atoms with Crippen molar-refractivity contribution in [3.05, 3.63) is 27.5 Å². The fraction of sp³-hybridized carbons (Fsp3) is 0.500. The van der Waals surface area contributed by atoms with Crippen molar-refractivity contribution in [2.75, 3.05) is 10.7 Å². The second kappa shape index (κ2) is 5.57. The van der Waals surface area contributed by atoms with E-state index in [0.717, 1.165) is 35.1 Å².